The molecule has 0 saturated carbocycles. The van der Waals surface area contributed by atoms with Gasteiger partial charge in [0.25, 0.3) is 0 Å². The zero-order chi connectivity index (χ0) is 29.6. The molecule has 0 aromatic heterocycles. The Morgan fingerprint density at radius 2 is 1.71 bits per heavy atom. The van der Waals surface area contributed by atoms with E-state index in [-0.39, 0.29) is 31.3 Å². The third-order valence-electron chi connectivity index (χ3n) is 7.60. The van der Waals surface area contributed by atoms with E-state index in [4.69, 9.17) is 28.4 Å². The van der Waals surface area contributed by atoms with Crippen LogP contribution in [0.15, 0.2) is 47.4 Å². The van der Waals surface area contributed by atoms with Crippen LogP contribution in [0.5, 0.6) is 5.75 Å². The summed E-state index contributed by atoms with van der Waals surface area (Å²) < 4.78 is 34.4. The number of anilines is 1. The van der Waals surface area contributed by atoms with Crippen molar-refractivity contribution in [1.29, 1.82) is 0 Å². The van der Waals surface area contributed by atoms with Crippen molar-refractivity contribution >= 4 is 17.4 Å². The SMILES string of the molecule is COCCCSc1ccc([C@@H]2[C@@H](OCc3ccc4c(c3)N(CCCOC)CCO4)CNC[C@H]2OC[C@H](O)COC)cc1. The van der Waals surface area contributed by atoms with Crippen molar-refractivity contribution in [2.45, 2.75) is 48.6 Å². The van der Waals surface area contributed by atoms with Crippen molar-refractivity contribution in [2.24, 2.45) is 0 Å². The van der Waals surface area contributed by atoms with Gasteiger partial charge in [-0.25, -0.2) is 0 Å². The van der Waals surface area contributed by atoms with Gasteiger partial charge in [-0.05, 0) is 48.2 Å². The first-order chi connectivity index (χ1) is 20.6. The fraction of sp³-hybridized carbons (Fsp3) is 0.625. The molecule has 2 aliphatic rings. The lowest BCUT2D eigenvalue weighted by atomic mass is 9.85. The Labute approximate surface area is 255 Å². The van der Waals surface area contributed by atoms with Gasteiger partial charge in [0, 0.05) is 70.7 Å². The highest BCUT2D eigenvalue weighted by Crippen LogP contribution is 2.35. The molecule has 2 N–H and O–H groups in total. The summed E-state index contributed by atoms with van der Waals surface area (Å²) in [5.41, 5.74) is 3.40. The molecule has 4 rings (SSSR count). The topological polar surface area (TPSA) is 90.9 Å². The molecule has 2 aromatic rings. The number of aliphatic hydroxyl groups excluding tert-OH is 1. The van der Waals surface area contributed by atoms with Gasteiger partial charge in [0.2, 0.25) is 0 Å². The highest BCUT2D eigenvalue weighted by molar-refractivity contribution is 7.99. The summed E-state index contributed by atoms with van der Waals surface area (Å²) in [5, 5.41) is 13.8. The summed E-state index contributed by atoms with van der Waals surface area (Å²) in [6.07, 6.45) is 1.06. The van der Waals surface area contributed by atoms with Gasteiger partial charge in [-0.3, -0.25) is 0 Å². The molecule has 4 atom stereocenters. The zero-order valence-electron chi connectivity index (χ0n) is 25.3. The zero-order valence-corrected chi connectivity index (χ0v) is 26.1. The highest BCUT2D eigenvalue weighted by Gasteiger charge is 2.36. The van der Waals surface area contributed by atoms with Crippen LogP contribution in [-0.2, 0) is 30.3 Å². The number of nitrogens with zero attached hydrogens (tertiary/aromatic N) is 1. The first-order valence-electron chi connectivity index (χ1n) is 14.9. The second-order valence-electron chi connectivity index (χ2n) is 10.8. The van der Waals surface area contributed by atoms with Gasteiger partial charge in [0.1, 0.15) is 18.5 Å². The van der Waals surface area contributed by atoms with Crippen molar-refractivity contribution in [2.75, 3.05) is 91.2 Å². The first kappa shape index (κ1) is 33.0. The van der Waals surface area contributed by atoms with Gasteiger partial charge in [-0.1, -0.05) is 18.2 Å². The Balaban J connectivity index is 1.46. The number of hydrogen-bond acceptors (Lipinski definition) is 10. The number of nitrogens with one attached hydrogen (secondary N) is 1. The molecular formula is C32H48N2O7S. The van der Waals surface area contributed by atoms with E-state index in [0.29, 0.717) is 19.8 Å². The Kier molecular flexibility index (Phi) is 14.2. The van der Waals surface area contributed by atoms with Gasteiger partial charge in [0.05, 0.1) is 44.3 Å². The number of fused-ring (bicyclic) bond motifs is 1. The Morgan fingerprint density at radius 1 is 0.952 bits per heavy atom. The maximum atomic E-state index is 10.3. The van der Waals surface area contributed by atoms with E-state index in [0.717, 1.165) is 68.4 Å². The van der Waals surface area contributed by atoms with Crippen molar-refractivity contribution in [3.63, 3.8) is 0 Å². The molecule has 0 bridgehead atoms. The molecule has 234 valence electrons. The van der Waals surface area contributed by atoms with E-state index in [1.807, 2.05) is 11.8 Å². The summed E-state index contributed by atoms with van der Waals surface area (Å²) >= 11 is 1.84. The van der Waals surface area contributed by atoms with Crippen molar-refractivity contribution in [3.8, 4) is 5.75 Å². The first-order valence-corrected chi connectivity index (χ1v) is 15.9. The largest absolute Gasteiger partial charge is 0.490 e. The lowest BCUT2D eigenvalue weighted by molar-refractivity contribution is -0.0856. The van der Waals surface area contributed by atoms with Crippen molar-refractivity contribution in [1.82, 2.24) is 5.32 Å². The average Bonchev–Trinajstić information content (AvgIpc) is 3.02. The summed E-state index contributed by atoms with van der Waals surface area (Å²) in [5.74, 6) is 1.95. The van der Waals surface area contributed by atoms with Crippen LogP contribution in [0.4, 0.5) is 5.69 Å². The molecule has 2 aromatic carbocycles. The molecule has 1 fully saturated rings. The van der Waals surface area contributed by atoms with E-state index in [1.54, 1.807) is 21.3 Å². The van der Waals surface area contributed by atoms with E-state index >= 15 is 0 Å². The molecule has 1 saturated heterocycles. The quantitative estimate of drug-likeness (QED) is 0.194. The molecular weight excluding hydrogens is 556 g/mol. The second kappa shape index (κ2) is 18.0. The van der Waals surface area contributed by atoms with E-state index in [1.165, 1.54) is 10.5 Å². The Morgan fingerprint density at radius 3 is 2.48 bits per heavy atom. The lowest BCUT2D eigenvalue weighted by Gasteiger charge is -2.39. The molecule has 0 amide bonds. The fourth-order valence-electron chi connectivity index (χ4n) is 5.51. The van der Waals surface area contributed by atoms with Gasteiger partial charge in [0.15, 0.2) is 0 Å². The fourth-order valence-corrected chi connectivity index (χ4v) is 6.34. The molecule has 0 aliphatic carbocycles. The number of benzene rings is 2. The number of thioether (sulfide) groups is 1. The van der Waals surface area contributed by atoms with Crippen LogP contribution in [-0.4, -0.2) is 110 Å². The minimum Gasteiger partial charge on any atom is -0.490 e. The van der Waals surface area contributed by atoms with E-state index < -0.39 is 6.10 Å². The summed E-state index contributed by atoms with van der Waals surface area (Å²) in [4.78, 5) is 3.61. The number of ether oxygens (including phenoxy) is 6. The smallest absolute Gasteiger partial charge is 0.142 e. The molecule has 42 heavy (non-hydrogen) atoms. The van der Waals surface area contributed by atoms with E-state index in [2.05, 4.69) is 52.7 Å². The molecule has 9 nitrogen and oxygen atoms in total. The maximum Gasteiger partial charge on any atom is 0.142 e. The lowest BCUT2D eigenvalue weighted by Crippen LogP contribution is -2.51. The van der Waals surface area contributed by atoms with Crippen LogP contribution < -0.4 is 15.0 Å². The Bertz CT molecular complexity index is 1040. The predicted octanol–water partition coefficient (Wildman–Crippen LogP) is 3.72. The number of piperidine rings is 1. The minimum absolute atomic E-state index is 0.0139. The number of hydrogen-bond donors (Lipinski definition) is 2. The number of aliphatic hydroxyl groups is 1. The Hall–Kier alpha value is -1.89. The van der Waals surface area contributed by atoms with Gasteiger partial charge in [-0.15, -0.1) is 11.8 Å². The standard InChI is InChI=1S/C32H48N2O7S/c1-36-14-4-12-34-13-16-39-29-11-6-24(18-28(29)34)21-40-30-19-33-20-31(41-23-26(35)22-38-3)32(30)25-7-9-27(10-8-25)42-17-5-15-37-2/h6-11,18,26,30-33,35H,4-5,12-17,19-23H2,1-3H3/t26-,30+,31-,32-/m1/s1. The predicted molar refractivity (Wildman–Crippen MR) is 166 cm³/mol. The average molecular weight is 605 g/mol. The molecule has 0 radical (unpaired) electrons. The third-order valence-corrected chi connectivity index (χ3v) is 8.70. The van der Waals surface area contributed by atoms with Crippen LogP contribution in [0.3, 0.4) is 0 Å². The van der Waals surface area contributed by atoms with Crippen molar-refractivity contribution in [3.05, 3.63) is 53.6 Å². The number of methoxy groups -OCH3 is 3. The second-order valence-corrected chi connectivity index (χ2v) is 11.9. The highest BCUT2D eigenvalue weighted by atomic mass is 32.2. The van der Waals surface area contributed by atoms with Crippen LogP contribution in [0.25, 0.3) is 0 Å². The van der Waals surface area contributed by atoms with Crippen LogP contribution in [0.2, 0.25) is 0 Å². The van der Waals surface area contributed by atoms with Gasteiger partial charge in [-0.2, -0.15) is 0 Å². The molecule has 10 heteroatoms. The number of rotatable bonds is 18. The maximum absolute atomic E-state index is 10.3. The molecule has 0 unspecified atom stereocenters. The van der Waals surface area contributed by atoms with Crippen molar-refractivity contribution < 1.29 is 33.5 Å². The van der Waals surface area contributed by atoms with Gasteiger partial charge < -0.3 is 43.7 Å². The normalized spacial score (nSPS) is 21.1. The summed E-state index contributed by atoms with van der Waals surface area (Å²) in [6, 6.07) is 15.1. The molecule has 0 spiro atoms. The summed E-state index contributed by atoms with van der Waals surface area (Å²) in [6.45, 7) is 6.33. The molecule has 2 heterocycles. The van der Waals surface area contributed by atoms with Crippen LogP contribution in [0.1, 0.15) is 29.9 Å². The van der Waals surface area contributed by atoms with Gasteiger partial charge >= 0.3 is 0 Å². The third kappa shape index (κ3) is 9.82. The molecule has 2 aliphatic heterocycles. The van der Waals surface area contributed by atoms with Crippen LogP contribution in [0, 0.1) is 0 Å². The monoisotopic (exact) mass is 604 g/mol. The van der Waals surface area contributed by atoms with Crippen LogP contribution >= 0.6 is 11.8 Å². The minimum atomic E-state index is -0.674. The van der Waals surface area contributed by atoms with E-state index in [9.17, 15) is 5.11 Å². The summed E-state index contributed by atoms with van der Waals surface area (Å²) in [7, 11) is 5.06.